The number of morpholine rings is 1. The van der Waals surface area contributed by atoms with Gasteiger partial charge in [0.2, 0.25) is 0 Å². The molecule has 0 radical (unpaired) electrons. The fourth-order valence-corrected chi connectivity index (χ4v) is 2.23. The molecular weight excluding hydrogens is 218 g/mol. The summed E-state index contributed by atoms with van der Waals surface area (Å²) in [6.07, 6.45) is -0.0551. The predicted molar refractivity (Wildman–Crippen MR) is 64.6 cm³/mol. The number of aliphatic hydroxyl groups excluding tert-OH is 1. The number of hydrogen-bond acceptors (Lipinski definition) is 4. The second-order valence-electron chi connectivity index (χ2n) is 4.82. The minimum Gasteiger partial charge on any atom is -0.394 e. The maximum atomic E-state index is 9.15. The Bertz CT molecular complexity index is 378. The van der Waals surface area contributed by atoms with E-state index < -0.39 is 0 Å². The lowest BCUT2D eigenvalue weighted by molar-refractivity contribution is -0.0811. The molecule has 1 aliphatic rings. The summed E-state index contributed by atoms with van der Waals surface area (Å²) < 4.78 is 7.45. The van der Waals surface area contributed by atoms with Crippen LogP contribution in [0.1, 0.15) is 18.3 Å². The highest BCUT2D eigenvalue weighted by Crippen LogP contribution is 2.15. The summed E-state index contributed by atoms with van der Waals surface area (Å²) in [6, 6.07) is 2.49. The van der Waals surface area contributed by atoms with Crippen molar-refractivity contribution in [3.05, 3.63) is 17.5 Å². The molecule has 5 nitrogen and oxygen atoms in total. The first-order valence-corrected chi connectivity index (χ1v) is 6.06. The van der Waals surface area contributed by atoms with E-state index in [2.05, 4.69) is 23.0 Å². The van der Waals surface area contributed by atoms with Gasteiger partial charge in [0.1, 0.15) is 0 Å². The van der Waals surface area contributed by atoms with Crippen LogP contribution in [0.2, 0.25) is 0 Å². The molecule has 0 aromatic carbocycles. The zero-order chi connectivity index (χ0) is 12.4. The minimum atomic E-state index is -0.0551. The van der Waals surface area contributed by atoms with Crippen molar-refractivity contribution in [3.8, 4) is 0 Å². The van der Waals surface area contributed by atoms with Crippen LogP contribution in [-0.2, 0) is 18.3 Å². The monoisotopic (exact) mass is 239 g/mol. The van der Waals surface area contributed by atoms with Crippen molar-refractivity contribution in [1.29, 1.82) is 0 Å². The molecule has 5 heteroatoms. The molecule has 0 bridgehead atoms. The highest BCUT2D eigenvalue weighted by molar-refractivity contribution is 5.08. The van der Waals surface area contributed by atoms with Gasteiger partial charge in [-0.25, -0.2) is 0 Å². The van der Waals surface area contributed by atoms with Crippen LogP contribution in [0, 0.1) is 6.92 Å². The van der Waals surface area contributed by atoms with Gasteiger partial charge < -0.3 is 9.84 Å². The van der Waals surface area contributed by atoms with Crippen molar-refractivity contribution >= 4 is 0 Å². The Morgan fingerprint density at radius 1 is 1.59 bits per heavy atom. The molecule has 96 valence electrons. The molecule has 2 rings (SSSR count). The first kappa shape index (κ1) is 12.5. The first-order chi connectivity index (χ1) is 8.10. The summed E-state index contributed by atoms with van der Waals surface area (Å²) >= 11 is 0. The number of nitrogens with zero attached hydrogens (tertiary/aromatic N) is 3. The quantitative estimate of drug-likeness (QED) is 0.825. The maximum Gasteiger partial charge on any atom is 0.0933 e. The van der Waals surface area contributed by atoms with E-state index in [0.717, 1.165) is 18.8 Å². The van der Waals surface area contributed by atoms with E-state index in [-0.39, 0.29) is 12.7 Å². The van der Waals surface area contributed by atoms with E-state index in [1.54, 1.807) is 0 Å². The molecule has 1 N–H and O–H groups in total. The third kappa shape index (κ3) is 2.86. The fourth-order valence-electron chi connectivity index (χ4n) is 2.23. The lowest BCUT2D eigenvalue weighted by Gasteiger charge is -2.37. The molecule has 1 saturated heterocycles. The van der Waals surface area contributed by atoms with Gasteiger partial charge >= 0.3 is 0 Å². The number of aliphatic hydroxyl groups is 1. The lowest BCUT2D eigenvalue weighted by atomic mass is 10.2. The summed E-state index contributed by atoms with van der Waals surface area (Å²) in [5.41, 5.74) is 2.25. The highest BCUT2D eigenvalue weighted by atomic mass is 16.5. The Morgan fingerprint density at radius 3 is 2.94 bits per heavy atom. The van der Waals surface area contributed by atoms with Crippen molar-refractivity contribution in [2.45, 2.75) is 32.5 Å². The normalized spacial score (nSPS) is 26.4. The van der Waals surface area contributed by atoms with Gasteiger partial charge in [-0.2, -0.15) is 5.10 Å². The van der Waals surface area contributed by atoms with Crippen LogP contribution in [0.4, 0.5) is 0 Å². The van der Waals surface area contributed by atoms with Gasteiger partial charge in [-0.15, -0.1) is 0 Å². The molecule has 17 heavy (non-hydrogen) atoms. The molecule has 2 heterocycles. The van der Waals surface area contributed by atoms with Crippen LogP contribution in [0.25, 0.3) is 0 Å². The fraction of sp³-hybridized carbons (Fsp3) is 0.750. The molecular formula is C12H21N3O2. The van der Waals surface area contributed by atoms with E-state index in [1.807, 2.05) is 18.7 Å². The molecule has 0 aliphatic carbocycles. The van der Waals surface area contributed by atoms with Crippen LogP contribution in [0.5, 0.6) is 0 Å². The van der Waals surface area contributed by atoms with Gasteiger partial charge in [-0.1, -0.05) is 0 Å². The van der Waals surface area contributed by atoms with Crippen molar-refractivity contribution in [2.24, 2.45) is 7.05 Å². The molecule has 1 fully saturated rings. The highest BCUT2D eigenvalue weighted by Gasteiger charge is 2.26. The van der Waals surface area contributed by atoms with Crippen LogP contribution < -0.4 is 0 Å². The van der Waals surface area contributed by atoms with Crippen LogP contribution in [0.3, 0.4) is 0 Å². The van der Waals surface area contributed by atoms with Gasteiger partial charge in [-0.3, -0.25) is 9.58 Å². The van der Waals surface area contributed by atoms with Crippen LogP contribution in [-0.4, -0.2) is 51.7 Å². The minimum absolute atomic E-state index is 0.0551. The molecule has 2 atom stereocenters. The van der Waals surface area contributed by atoms with Gasteiger partial charge in [0, 0.05) is 26.2 Å². The zero-order valence-corrected chi connectivity index (χ0v) is 10.8. The summed E-state index contributed by atoms with van der Waals surface area (Å²) in [4.78, 5) is 2.33. The molecule has 1 aliphatic heterocycles. The number of aromatic nitrogens is 2. The number of ether oxygens (including phenoxy) is 1. The van der Waals surface area contributed by atoms with E-state index in [0.29, 0.717) is 12.6 Å². The van der Waals surface area contributed by atoms with Crippen LogP contribution >= 0.6 is 0 Å². The molecule has 1 aromatic rings. The Kier molecular flexibility index (Phi) is 3.81. The Labute approximate surface area is 102 Å². The molecule has 1 aromatic heterocycles. The number of hydrogen-bond donors (Lipinski definition) is 1. The Balaban J connectivity index is 2.03. The molecule has 0 amide bonds. The number of rotatable bonds is 3. The van der Waals surface area contributed by atoms with Gasteiger partial charge in [-0.05, 0) is 19.9 Å². The predicted octanol–water partition coefficient (Wildman–Crippen LogP) is 0.310. The zero-order valence-electron chi connectivity index (χ0n) is 10.8. The Hall–Kier alpha value is -0.910. The smallest absolute Gasteiger partial charge is 0.0933 e. The lowest BCUT2D eigenvalue weighted by Crippen LogP contribution is -2.49. The van der Waals surface area contributed by atoms with Gasteiger partial charge in [0.15, 0.2) is 0 Å². The van der Waals surface area contributed by atoms with Gasteiger partial charge in [0.25, 0.3) is 0 Å². The topological polar surface area (TPSA) is 50.5 Å². The third-order valence-corrected chi connectivity index (χ3v) is 3.30. The van der Waals surface area contributed by atoms with E-state index >= 15 is 0 Å². The average molecular weight is 239 g/mol. The summed E-state index contributed by atoms with van der Waals surface area (Å²) in [5, 5.41) is 13.5. The second-order valence-corrected chi connectivity index (χ2v) is 4.82. The van der Waals surface area contributed by atoms with Crippen molar-refractivity contribution in [3.63, 3.8) is 0 Å². The maximum absolute atomic E-state index is 9.15. The van der Waals surface area contributed by atoms with E-state index in [1.165, 1.54) is 5.69 Å². The second kappa shape index (κ2) is 5.16. The largest absolute Gasteiger partial charge is 0.394 e. The van der Waals surface area contributed by atoms with Crippen molar-refractivity contribution in [2.75, 3.05) is 19.8 Å². The standard InChI is InChI=1S/C12H21N3O2/c1-9-4-11(14(3)13-9)5-15-6-12(7-16)17-8-10(15)2/h4,10,12,16H,5-8H2,1-3H3. The summed E-state index contributed by atoms with van der Waals surface area (Å²) in [6.45, 7) is 6.57. The Morgan fingerprint density at radius 2 is 2.35 bits per heavy atom. The molecule has 2 unspecified atom stereocenters. The van der Waals surface area contributed by atoms with Crippen LogP contribution in [0.15, 0.2) is 6.07 Å². The van der Waals surface area contributed by atoms with Crippen molar-refractivity contribution in [1.82, 2.24) is 14.7 Å². The van der Waals surface area contributed by atoms with Gasteiger partial charge in [0.05, 0.1) is 30.7 Å². The van der Waals surface area contributed by atoms with E-state index in [4.69, 9.17) is 9.84 Å². The van der Waals surface area contributed by atoms with E-state index in [9.17, 15) is 0 Å². The summed E-state index contributed by atoms with van der Waals surface area (Å²) in [5.74, 6) is 0. The SMILES string of the molecule is Cc1cc(CN2CC(CO)OCC2C)n(C)n1. The molecule has 0 saturated carbocycles. The first-order valence-electron chi connectivity index (χ1n) is 6.06. The van der Waals surface area contributed by atoms with Crippen molar-refractivity contribution < 1.29 is 9.84 Å². The average Bonchev–Trinajstić information content (AvgIpc) is 2.60. The summed E-state index contributed by atoms with van der Waals surface area (Å²) in [7, 11) is 1.97. The third-order valence-electron chi connectivity index (χ3n) is 3.30. The molecule has 0 spiro atoms. The number of aryl methyl sites for hydroxylation is 2.